The summed E-state index contributed by atoms with van der Waals surface area (Å²) in [6, 6.07) is 2.34. The van der Waals surface area contributed by atoms with Crippen molar-refractivity contribution in [2.75, 3.05) is 25.0 Å². The van der Waals surface area contributed by atoms with Crippen LogP contribution in [-0.4, -0.2) is 30.4 Å². The number of likely N-dealkylation sites (tertiary alicyclic amines) is 1. The van der Waals surface area contributed by atoms with Crippen molar-refractivity contribution in [3.05, 3.63) is 28.2 Å². The van der Waals surface area contributed by atoms with Crippen LogP contribution in [0.15, 0.2) is 16.6 Å². The highest BCUT2D eigenvalue weighted by atomic mass is 79.9. The lowest BCUT2D eigenvalue weighted by atomic mass is 10.2. The quantitative estimate of drug-likeness (QED) is 0.907. The first-order valence-corrected chi connectivity index (χ1v) is 7.53. The monoisotopic (exact) mass is 346 g/mol. The minimum absolute atomic E-state index is 0.0878. The van der Waals surface area contributed by atoms with Crippen LogP contribution in [0, 0.1) is 11.6 Å². The van der Waals surface area contributed by atoms with Gasteiger partial charge in [0.25, 0.3) is 0 Å². The summed E-state index contributed by atoms with van der Waals surface area (Å²) in [4.78, 5) is 13.8. The number of carbonyl (C=O) groups excluding carboxylic acids is 1. The molecular formula is C14H17BrF2N2O. The molecule has 0 radical (unpaired) electrons. The normalized spacial score (nSPS) is 15.8. The average molecular weight is 347 g/mol. The van der Waals surface area contributed by atoms with Crippen LogP contribution in [0.5, 0.6) is 0 Å². The summed E-state index contributed by atoms with van der Waals surface area (Å²) in [6.45, 7) is 1.37. The van der Waals surface area contributed by atoms with Gasteiger partial charge in [-0.25, -0.2) is 8.78 Å². The Morgan fingerprint density at radius 3 is 2.25 bits per heavy atom. The molecule has 0 atom stereocenters. The minimum atomic E-state index is -0.708. The zero-order valence-electron chi connectivity index (χ0n) is 11.1. The second-order valence-corrected chi connectivity index (χ2v) is 5.81. The number of carbonyl (C=O) groups is 1. The van der Waals surface area contributed by atoms with Crippen molar-refractivity contribution >= 4 is 27.5 Å². The van der Waals surface area contributed by atoms with E-state index in [1.807, 2.05) is 0 Å². The minimum Gasteiger partial charge on any atom is -0.371 e. The Morgan fingerprint density at radius 2 is 1.70 bits per heavy atom. The van der Waals surface area contributed by atoms with Gasteiger partial charge in [0.05, 0.1) is 6.54 Å². The van der Waals surface area contributed by atoms with E-state index in [1.54, 1.807) is 4.90 Å². The largest absolute Gasteiger partial charge is 0.371 e. The van der Waals surface area contributed by atoms with Crippen molar-refractivity contribution in [1.82, 2.24) is 4.90 Å². The molecule has 1 amide bonds. The van der Waals surface area contributed by atoms with Crippen LogP contribution < -0.4 is 5.32 Å². The number of hydrogen-bond acceptors (Lipinski definition) is 2. The van der Waals surface area contributed by atoms with Crippen molar-refractivity contribution in [3.63, 3.8) is 0 Å². The highest BCUT2D eigenvalue weighted by Gasteiger charge is 2.17. The Bertz CT molecular complexity index is 465. The SMILES string of the molecule is O=C(CNc1c(F)cc(Br)cc1F)N1CCCCCC1. The Hall–Kier alpha value is -1.17. The molecule has 20 heavy (non-hydrogen) atoms. The van der Waals surface area contributed by atoms with Gasteiger partial charge in [-0.1, -0.05) is 28.8 Å². The Balaban J connectivity index is 1.96. The van der Waals surface area contributed by atoms with E-state index < -0.39 is 11.6 Å². The summed E-state index contributed by atoms with van der Waals surface area (Å²) in [6.07, 6.45) is 4.25. The van der Waals surface area contributed by atoms with Crippen LogP contribution in [-0.2, 0) is 4.79 Å². The number of amides is 1. The molecule has 2 rings (SSSR count). The number of halogens is 3. The fourth-order valence-corrected chi connectivity index (χ4v) is 2.71. The molecule has 0 bridgehead atoms. The van der Waals surface area contributed by atoms with E-state index in [0.29, 0.717) is 4.47 Å². The highest BCUT2D eigenvalue weighted by molar-refractivity contribution is 9.10. The van der Waals surface area contributed by atoms with Crippen LogP contribution in [0.1, 0.15) is 25.7 Å². The fraction of sp³-hybridized carbons (Fsp3) is 0.500. The molecule has 3 nitrogen and oxygen atoms in total. The zero-order valence-corrected chi connectivity index (χ0v) is 12.7. The molecule has 1 aromatic carbocycles. The molecule has 6 heteroatoms. The molecular weight excluding hydrogens is 330 g/mol. The van der Waals surface area contributed by atoms with Gasteiger partial charge in [-0.15, -0.1) is 0 Å². The molecule has 1 saturated heterocycles. The van der Waals surface area contributed by atoms with Crippen molar-refractivity contribution in [2.24, 2.45) is 0 Å². The molecule has 0 aliphatic carbocycles. The highest BCUT2D eigenvalue weighted by Crippen LogP contribution is 2.23. The van der Waals surface area contributed by atoms with Crippen LogP contribution in [0.4, 0.5) is 14.5 Å². The van der Waals surface area contributed by atoms with Crippen LogP contribution >= 0.6 is 15.9 Å². The second kappa shape index (κ2) is 7.02. The molecule has 1 fully saturated rings. The summed E-state index contributed by atoms with van der Waals surface area (Å²) in [5.41, 5.74) is -0.253. The summed E-state index contributed by atoms with van der Waals surface area (Å²) in [5.74, 6) is -1.53. The average Bonchev–Trinajstić information content (AvgIpc) is 2.66. The lowest BCUT2D eigenvalue weighted by Crippen LogP contribution is -2.36. The topological polar surface area (TPSA) is 32.3 Å². The Kier molecular flexibility index (Phi) is 5.34. The third-order valence-corrected chi connectivity index (χ3v) is 3.84. The van der Waals surface area contributed by atoms with Crippen LogP contribution in [0.3, 0.4) is 0 Å². The maximum atomic E-state index is 13.6. The van der Waals surface area contributed by atoms with E-state index in [1.165, 1.54) is 12.1 Å². The molecule has 110 valence electrons. The van der Waals surface area contributed by atoms with Gasteiger partial charge in [0.2, 0.25) is 5.91 Å². The molecule has 1 aliphatic rings. The van der Waals surface area contributed by atoms with E-state index in [4.69, 9.17) is 0 Å². The second-order valence-electron chi connectivity index (χ2n) is 4.89. The molecule has 0 aromatic heterocycles. The van der Waals surface area contributed by atoms with Gasteiger partial charge in [-0.2, -0.15) is 0 Å². The lowest BCUT2D eigenvalue weighted by Gasteiger charge is -2.21. The third kappa shape index (κ3) is 3.91. The van der Waals surface area contributed by atoms with E-state index >= 15 is 0 Å². The number of hydrogen-bond donors (Lipinski definition) is 1. The van der Waals surface area contributed by atoms with Gasteiger partial charge in [0.1, 0.15) is 17.3 Å². The molecule has 1 aliphatic heterocycles. The maximum absolute atomic E-state index is 13.6. The molecule has 0 unspecified atom stereocenters. The van der Waals surface area contributed by atoms with Crippen molar-refractivity contribution in [3.8, 4) is 0 Å². The molecule has 1 N–H and O–H groups in total. The predicted molar refractivity (Wildman–Crippen MR) is 77.6 cm³/mol. The van der Waals surface area contributed by atoms with Crippen molar-refractivity contribution in [1.29, 1.82) is 0 Å². The summed E-state index contributed by atoms with van der Waals surface area (Å²) in [5, 5.41) is 2.56. The third-order valence-electron chi connectivity index (χ3n) is 3.38. The fourth-order valence-electron chi connectivity index (χ4n) is 2.31. The number of nitrogens with zero attached hydrogens (tertiary/aromatic N) is 1. The number of anilines is 1. The van der Waals surface area contributed by atoms with Crippen LogP contribution in [0.25, 0.3) is 0 Å². The first-order chi connectivity index (χ1) is 9.58. The van der Waals surface area contributed by atoms with Gasteiger partial charge in [0, 0.05) is 17.6 Å². The summed E-state index contributed by atoms with van der Waals surface area (Å²) >= 11 is 3.02. The molecule has 0 spiro atoms. The first-order valence-electron chi connectivity index (χ1n) is 6.74. The zero-order chi connectivity index (χ0) is 14.5. The van der Waals surface area contributed by atoms with Crippen LogP contribution in [0.2, 0.25) is 0 Å². The maximum Gasteiger partial charge on any atom is 0.241 e. The van der Waals surface area contributed by atoms with E-state index in [-0.39, 0.29) is 18.1 Å². The predicted octanol–water partition coefficient (Wildman–Crippen LogP) is 3.54. The van der Waals surface area contributed by atoms with E-state index in [9.17, 15) is 13.6 Å². The van der Waals surface area contributed by atoms with Gasteiger partial charge in [-0.05, 0) is 25.0 Å². The molecule has 0 saturated carbocycles. The number of nitrogens with one attached hydrogen (secondary N) is 1. The lowest BCUT2D eigenvalue weighted by molar-refractivity contribution is -0.129. The Morgan fingerprint density at radius 1 is 1.15 bits per heavy atom. The Labute approximate surface area is 125 Å². The van der Waals surface area contributed by atoms with Crippen molar-refractivity contribution in [2.45, 2.75) is 25.7 Å². The summed E-state index contributed by atoms with van der Waals surface area (Å²) < 4.78 is 27.6. The van der Waals surface area contributed by atoms with E-state index in [0.717, 1.165) is 38.8 Å². The standard InChI is InChI=1S/C14H17BrF2N2O/c15-10-7-11(16)14(12(17)8-10)18-9-13(20)19-5-3-1-2-4-6-19/h7-8,18H,1-6,9H2. The van der Waals surface area contributed by atoms with Crippen molar-refractivity contribution < 1.29 is 13.6 Å². The van der Waals surface area contributed by atoms with Gasteiger partial charge in [0.15, 0.2) is 0 Å². The summed E-state index contributed by atoms with van der Waals surface area (Å²) in [7, 11) is 0. The number of benzene rings is 1. The number of rotatable bonds is 3. The molecule has 1 aromatic rings. The van der Waals surface area contributed by atoms with E-state index in [2.05, 4.69) is 21.2 Å². The van der Waals surface area contributed by atoms with Gasteiger partial charge in [-0.3, -0.25) is 4.79 Å². The smallest absolute Gasteiger partial charge is 0.241 e. The van der Waals surface area contributed by atoms with Gasteiger partial charge < -0.3 is 10.2 Å². The van der Waals surface area contributed by atoms with Gasteiger partial charge >= 0.3 is 0 Å². The molecule has 1 heterocycles. The first kappa shape index (κ1) is 15.2.